The summed E-state index contributed by atoms with van der Waals surface area (Å²) in [5.74, 6) is 4.33. The second-order valence-electron chi connectivity index (χ2n) is 7.49. The zero-order valence-electron chi connectivity index (χ0n) is 16.5. The summed E-state index contributed by atoms with van der Waals surface area (Å²) in [7, 11) is 0. The van der Waals surface area contributed by atoms with Gasteiger partial charge in [-0.1, -0.05) is 19.6 Å². The van der Waals surface area contributed by atoms with Crippen LogP contribution in [-0.2, 0) is 13.1 Å². The maximum atomic E-state index is 13.2. The van der Waals surface area contributed by atoms with Crippen LogP contribution in [0.4, 0.5) is 0 Å². The van der Waals surface area contributed by atoms with Gasteiger partial charge in [0.1, 0.15) is 29.6 Å². The second-order valence-corrected chi connectivity index (χ2v) is 7.49. The van der Waals surface area contributed by atoms with E-state index >= 15 is 0 Å². The van der Waals surface area contributed by atoms with Crippen molar-refractivity contribution in [2.24, 2.45) is 5.92 Å². The summed E-state index contributed by atoms with van der Waals surface area (Å²) in [6.45, 7) is 7.05. The first kappa shape index (κ1) is 19.1. The quantitative estimate of drug-likeness (QED) is 0.458. The molecule has 1 amide bonds. The van der Waals surface area contributed by atoms with Gasteiger partial charge in [0.05, 0.1) is 19.4 Å². The van der Waals surface area contributed by atoms with Crippen LogP contribution in [-0.4, -0.2) is 17.4 Å². The Morgan fingerprint density at radius 2 is 1.93 bits per heavy atom. The zero-order chi connectivity index (χ0) is 20.2. The largest absolute Gasteiger partial charge is 0.490 e. The monoisotopic (exact) mass is 391 g/mol. The SMILES string of the molecule is C=CCOc1ccc(C(=O)N(Cc2ccco2)Cc2ccc(C3CC3C)o2)cc1. The van der Waals surface area contributed by atoms with Crippen molar-refractivity contribution in [1.29, 1.82) is 0 Å². The fourth-order valence-electron chi connectivity index (χ4n) is 3.41. The maximum Gasteiger partial charge on any atom is 0.254 e. The summed E-state index contributed by atoms with van der Waals surface area (Å²) < 4.78 is 17.0. The number of ether oxygens (including phenoxy) is 1. The highest BCUT2D eigenvalue weighted by Crippen LogP contribution is 2.47. The van der Waals surface area contributed by atoms with Gasteiger partial charge in [-0.25, -0.2) is 0 Å². The molecular weight excluding hydrogens is 366 g/mol. The minimum atomic E-state index is -0.0885. The van der Waals surface area contributed by atoms with Gasteiger partial charge in [-0.15, -0.1) is 0 Å². The van der Waals surface area contributed by atoms with E-state index in [2.05, 4.69) is 13.5 Å². The average Bonchev–Trinajstić information content (AvgIpc) is 3.13. The molecule has 150 valence electrons. The highest BCUT2D eigenvalue weighted by Gasteiger charge is 2.36. The zero-order valence-corrected chi connectivity index (χ0v) is 16.5. The molecule has 1 aromatic carbocycles. The van der Waals surface area contributed by atoms with Crippen LogP contribution in [0.3, 0.4) is 0 Å². The number of nitrogens with zero attached hydrogens (tertiary/aromatic N) is 1. The van der Waals surface area contributed by atoms with Gasteiger partial charge in [-0.05, 0) is 60.9 Å². The molecule has 2 unspecified atom stereocenters. The summed E-state index contributed by atoms with van der Waals surface area (Å²) in [5, 5.41) is 0. The van der Waals surface area contributed by atoms with E-state index in [1.807, 2.05) is 24.3 Å². The second kappa shape index (κ2) is 8.43. The number of carbonyl (C=O) groups excluding carboxylic acids is 1. The minimum Gasteiger partial charge on any atom is -0.490 e. The summed E-state index contributed by atoms with van der Waals surface area (Å²) in [5.41, 5.74) is 0.588. The number of carbonyl (C=O) groups is 1. The van der Waals surface area contributed by atoms with Crippen molar-refractivity contribution in [1.82, 2.24) is 4.90 Å². The predicted molar refractivity (Wildman–Crippen MR) is 110 cm³/mol. The number of furan rings is 2. The third-order valence-electron chi connectivity index (χ3n) is 5.19. The molecule has 0 bridgehead atoms. The highest BCUT2D eigenvalue weighted by molar-refractivity contribution is 5.94. The number of benzene rings is 1. The summed E-state index contributed by atoms with van der Waals surface area (Å²) in [6, 6.07) is 14.8. The van der Waals surface area contributed by atoms with Crippen molar-refractivity contribution >= 4 is 5.91 Å². The number of hydrogen-bond acceptors (Lipinski definition) is 4. The standard InChI is InChI=1S/C24H25NO4/c1-3-12-27-19-8-6-18(7-9-19)24(26)25(15-20-5-4-13-28-20)16-21-10-11-23(29-21)22-14-17(22)2/h3-11,13,17,22H,1,12,14-16H2,2H3. The first-order valence-electron chi connectivity index (χ1n) is 9.88. The molecule has 0 N–H and O–H groups in total. The Hall–Kier alpha value is -3.21. The van der Waals surface area contributed by atoms with Crippen LogP contribution in [0.1, 0.15) is 46.9 Å². The van der Waals surface area contributed by atoms with Gasteiger partial charge in [-0.2, -0.15) is 0 Å². The molecule has 2 aromatic heterocycles. The van der Waals surface area contributed by atoms with Crippen molar-refractivity contribution in [2.75, 3.05) is 6.61 Å². The summed E-state index contributed by atoms with van der Waals surface area (Å²) >= 11 is 0. The van der Waals surface area contributed by atoms with E-state index in [4.69, 9.17) is 13.6 Å². The van der Waals surface area contributed by atoms with Gasteiger partial charge in [0.25, 0.3) is 5.91 Å². The van der Waals surface area contributed by atoms with Crippen LogP contribution in [0.5, 0.6) is 5.75 Å². The van der Waals surface area contributed by atoms with E-state index in [-0.39, 0.29) is 5.91 Å². The van der Waals surface area contributed by atoms with Crippen molar-refractivity contribution in [3.8, 4) is 5.75 Å². The van der Waals surface area contributed by atoms with E-state index in [0.29, 0.717) is 42.8 Å². The molecule has 5 heteroatoms. The van der Waals surface area contributed by atoms with Crippen LogP contribution in [0.15, 0.2) is 76.3 Å². The van der Waals surface area contributed by atoms with E-state index < -0.39 is 0 Å². The molecule has 29 heavy (non-hydrogen) atoms. The molecule has 0 spiro atoms. The predicted octanol–water partition coefficient (Wildman–Crippen LogP) is 5.40. The van der Waals surface area contributed by atoms with Gasteiger partial charge in [0.2, 0.25) is 0 Å². The molecular formula is C24H25NO4. The van der Waals surface area contributed by atoms with Gasteiger partial charge < -0.3 is 18.5 Å². The number of hydrogen-bond donors (Lipinski definition) is 0. The van der Waals surface area contributed by atoms with Crippen molar-refractivity contribution < 1.29 is 18.4 Å². The lowest BCUT2D eigenvalue weighted by atomic mass is 10.2. The molecule has 0 aliphatic heterocycles. The van der Waals surface area contributed by atoms with Gasteiger partial charge in [0, 0.05) is 11.5 Å². The van der Waals surface area contributed by atoms with Crippen LogP contribution in [0.2, 0.25) is 0 Å². The minimum absolute atomic E-state index is 0.0885. The fourth-order valence-corrected chi connectivity index (χ4v) is 3.41. The van der Waals surface area contributed by atoms with Crippen molar-refractivity contribution in [3.05, 3.63) is 90.3 Å². The lowest BCUT2D eigenvalue weighted by Crippen LogP contribution is -2.29. The van der Waals surface area contributed by atoms with E-state index in [1.54, 1.807) is 41.5 Å². The average molecular weight is 391 g/mol. The Balaban J connectivity index is 1.50. The topological polar surface area (TPSA) is 55.8 Å². The Kier molecular flexibility index (Phi) is 5.56. The lowest BCUT2D eigenvalue weighted by Gasteiger charge is -2.21. The van der Waals surface area contributed by atoms with Crippen LogP contribution < -0.4 is 4.74 Å². The van der Waals surface area contributed by atoms with Gasteiger partial charge in [-0.3, -0.25) is 4.79 Å². The molecule has 3 aromatic rings. The lowest BCUT2D eigenvalue weighted by molar-refractivity contribution is 0.0704. The smallest absolute Gasteiger partial charge is 0.254 e. The first-order chi connectivity index (χ1) is 14.1. The third kappa shape index (κ3) is 4.62. The summed E-state index contributed by atoms with van der Waals surface area (Å²) in [4.78, 5) is 14.9. The van der Waals surface area contributed by atoms with Gasteiger partial charge >= 0.3 is 0 Å². The Morgan fingerprint density at radius 1 is 1.17 bits per heavy atom. The first-order valence-corrected chi connectivity index (χ1v) is 9.88. The van der Waals surface area contributed by atoms with E-state index in [0.717, 1.165) is 17.3 Å². The Morgan fingerprint density at radius 3 is 2.59 bits per heavy atom. The normalized spacial score (nSPS) is 17.7. The third-order valence-corrected chi connectivity index (χ3v) is 5.19. The van der Waals surface area contributed by atoms with E-state index in [9.17, 15) is 4.79 Å². The summed E-state index contributed by atoms with van der Waals surface area (Å²) in [6.07, 6.45) is 4.47. The van der Waals surface area contributed by atoms with Crippen LogP contribution in [0, 0.1) is 5.92 Å². The maximum absolute atomic E-state index is 13.2. The molecule has 2 atom stereocenters. The molecule has 5 nitrogen and oxygen atoms in total. The van der Waals surface area contributed by atoms with Gasteiger partial charge in [0.15, 0.2) is 0 Å². The molecule has 1 saturated carbocycles. The molecule has 0 radical (unpaired) electrons. The number of rotatable bonds is 9. The fraction of sp³-hybridized carbons (Fsp3) is 0.292. The van der Waals surface area contributed by atoms with E-state index in [1.165, 1.54) is 6.42 Å². The molecule has 1 aliphatic carbocycles. The Bertz CT molecular complexity index is 955. The molecule has 4 rings (SSSR count). The number of amides is 1. The van der Waals surface area contributed by atoms with Crippen molar-refractivity contribution in [2.45, 2.75) is 32.4 Å². The Labute approximate surface area is 170 Å². The molecule has 0 saturated heterocycles. The van der Waals surface area contributed by atoms with Crippen molar-refractivity contribution in [3.63, 3.8) is 0 Å². The molecule has 1 aliphatic rings. The molecule has 2 heterocycles. The molecule has 1 fully saturated rings. The highest BCUT2D eigenvalue weighted by atomic mass is 16.5. The van der Waals surface area contributed by atoms with Crippen LogP contribution >= 0.6 is 0 Å². The van der Waals surface area contributed by atoms with Crippen LogP contribution in [0.25, 0.3) is 0 Å².